The molecule has 5 nitrogen and oxygen atoms in total. The maximum Gasteiger partial charge on any atom is 0.408 e. The quantitative estimate of drug-likeness (QED) is 0.678. The SMILES string of the molecule is CCCCC(CO)(C(C)C)N(Cc1cccc(Br)n1)C(=O)O. The zero-order valence-electron chi connectivity index (χ0n) is 13.4. The van der Waals surface area contributed by atoms with Gasteiger partial charge < -0.3 is 10.2 Å². The molecule has 0 saturated heterocycles. The lowest BCUT2D eigenvalue weighted by atomic mass is 9.80. The van der Waals surface area contributed by atoms with Gasteiger partial charge in [-0.2, -0.15) is 0 Å². The van der Waals surface area contributed by atoms with Crippen LogP contribution in [0.1, 0.15) is 45.7 Å². The second-order valence-corrected chi connectivity index (χ2v) is 6.65. The third-order valence-corrected chi connectivity index (χ3v) is 4.61. The molecule has 1 aromatic rings. The zero-order chi connectivity index (χ0) is 16.8. The Bertz CT molecular complexity index is 496. The molecule has 0 spiro atoms. The van der Waals surface area contributed by atoms with Crippen LogP contribution in [0.25, 0.3) is 0 Å². The van der Waals surface area contributed by atoms with Crippen molar-refractivity contribution in [3.63, 3.8) is 0 Å². The summed E-state index contributed by atoms with van der Waals surface area (Å²) in [6.45, 7) is 5.94. The van der Waals surface area contributed by atoms with Crippen LogP contribution in [-0.4, -0.2) is 38.3 Å². The van der Waals surface area contributed by atoms with Gasteiger partial charge in [-0.15, -0.1) is 0 Å². The van der Waals surface area contributed by atoms with E-state index in [1.165, 1.54) is 4.90 Å². The number of aliphatic hydroxyl groups excluding tert-OH is 1. The molecule has 0 fully saturated rings. The lowest BCUT2D eigenvalue weighted by Gasteiger charge is -2.44. The molecule has 1 aromatic heterocycles. The molecule has 1 unspecified atom stereocenters. The highest BCUT2D eigenvalue weighted by Crippen LogP contribution is 2.32. The zero-order valence-corrected chi connectivity index (χ0v) is 15.0. The number of hydrogen-bond donors (Lipinski definition) is 2. The lowest BCUT2D eigenvalue weighted by molar-refractivity contribution is -0.00958. The van der Waals surface area contributed by atoms with Gasteiger partial charge in [0.15, 0.2) is 0 Å². The van der Waals surface area contributed by atoms with Crippen molar-refractivity contribution in [3.8, 4) is 0 Å². The van der Waals surface area contributed by atoms with E-state index in [9.17, 15) is 15.0 Å². The minimum atomic E-state index is -1.03. The molecule has 6 heteroatoms. The van der Waals surface area contributed by atoms with Crippen molar-refractivity contribution in [2.45, 2.75) is 52.1 Å². The number of nitrogens with zero attached hydrogens (tertiary/aromatic N) is 2. The summed E-state index contributed by atoms with van der Waals surface area (Å²) < 4.78 is 0.669. The first-order chi connectivity index (χ1) is 10.4. The summed E-state index contributed by atoms with van der Waals surface area (Å²) >= 11 is 3.30. The first kappa shape index (κ1) is 18.9. The van der Waals surface area contributed by atoms with Crippen LogP contribution in [0, 0.1) is 5.92 Å². The second kappa shape index (κ2) is 8.48. The Morgan fingerprint density at radius 3 is 2.59 bits per heavy atom. The summed E-state index contributed by atoms with van der Waals surface area (Å²) in [5, 5.41) is 19.7. The predicted octanol–water partition coefficient (Wildman–Crippen LogP) is 3.90. The molecule has 0 bridgehead atoms. The number of carboxylic acid groups (broad SMARTS) is 1. The summed E-state index contributed by atoms with van der Waals surface area (Å²) in [6.07, 6.45) is 1.43. The minimum absolute atomic E-state index is 0.00676. The fourth-order valence-electron chi connectivity index (χ4n) is 2.68. The molecule has 2 N–H and O–H groups in total. The van der Waals surface area contributed by atoms with Crippen molar-refractivity contribution in [3.05, 3.63) is 28.5 Å². The van der Waals surface area contributed by atoms with Gasteiger partial charge >= 0.3 is 6.09 Å². The van der Waals surface area contributed by atoms with Gasteiger partial charge in [0.1, 0.15) is 4.60 Å². The number of unbranched alkanes of at least 4 members (excludes halogenated alkanes) is 1. The molecule has 0 aliphatic rings. The Morgan fingerprint density at radius 1 is 1.45 bits per heavy atom. The number of hydrogen-bond acceptors (Lipinski definition) is 3. The fourth-order valence-corrected chi connectivity index (χ4v) is 3.06. The third-order valence-electron chi connectivity index (χ3n) is 4.17. The van der Waals surface area contributed by atoms with Crippen LogP contribution in [0.5, 0.6) is 0 Å². The minimum Gasteiger partial charge on any atom is -0.465 e. The van der Waals surface area contributed by atoms with Crippen LogP contribution in [0.15, 0.2) is 22.8 Å². The Morgan fingerprint density at radius 2 is 2.14 bits per heavy atom. The van der Waals surface area contributed by atoms with Crippen molar-refractivity contribution in [2.24, 2.45) is 5.92 Å². The van der Waals surface area contributed by atoms with Gasteiger partial charge in [-0.1, -0.05) is 39.7 Å². The Balaban J connectivity index is 3.15. The molecule has 1 rings (SSSR count). The lowest BCUT2D eigenvalue weighted by Crippen LogP contribution is -2.57. The van der Waals surface area contributed by atoms with Gasteiger partial charge in [0.05, 0.1) is 24.4 Å². The monoisotopic (exact) mass is 372 g/mol. The van der Waals surface area contributed by atoms with Gasteiger partial charge in [-0.05, 0) is 40.4 Å². The van der Waals surface area contributed by atoms with Crippen LogP contribution in [0.4, 0.5) is 4.79 Å². The molecule has 124 valence electrons. The maximum absolute atomic E-state index is 11.8. The largest absolute Gasteiger partial charge is 0.465 e. The van der Waals surface area contributed by atoms with Gasteiger partial charge in [0, 0.05) is 0 Å². The van der Waals surface area contributed by atoms with Crippen LogP contribution < -0.4 is 0 Å². The molecule has 1 amide bonds. The normalized spacial score (nSPS) is 13.9. The van der Waals surface area contributed by atoms with E-state index in [2.05, 4.69) is 27.8 Å². The van der Waals surface area contributed by atoms with Crippen molar-refractivity contribution in [2.75, 3.05) is 6.61 Å². The molecule has 0 aromatic carbocycles. The van der Waals surface area contributed by atoms with Gasteiger partial charge in [-0.25, -0.2) is 9.78 Å². The summed E-state index contributed by atoms with van der Waals surface area (Å²) in [6, 6.07) is 5.42. The number of carbonyl (C=O) groups is 1. The summed E-state index contributed by atoms with van der Waals surface area (Å²) in [7, 11) is 0. The average Bonchev–Trinajstić information content (AvgIpc) is 2.46. The van der Waals surface area contributed by atoms with Gasteiger partial charge in [0.2, 0.25) is 0 Å². The highest BCUT2D eigenvalue weighted by molar-refractivity contribution is 9.10. The number of aromatic nitrogens is 1. The van der Waals surface area contributed by atoms with E-state index < -0.39 is 11.6 Å². The van der Waals surface area contributed by atoms with Gasteiger partial charge in [0.25, 0.3) is 0 Å². The van der Waals surface area contributed by atoms with Crippen LogP contribution in [0.2, 0.25) is 0 Å². The summed E-state index contributed by atoms with van der Waals surface area (Å²) in [5.41, 5.74) is -0.127. The number of rotatable bonds is 8. The van der Waals surface area contributed by atoms with E-state index in [4.69, 9.17) is 0 Å². The topological polar surface area (TPSA) is 73.7 Å². The van der Waals surface area contributed by atoms with E-state index in [1.54, 1.807) is 12.1 Å². The molecule has 1 atom stereocenters. The average molecular weight is 373 g/mol. The molecule has 22 heavy (non-hydrogen) atoms. The molecule has 0 radical (unpaired) electrons. The Labute approximate surface area is 140 Å². The number of pyridine rings is 1. The summed E-state index contributed by atoms with van der Waals surface area (Å²) in [5.74, 6) is 0.00676. The smallest absolute Gasteiger partial charge is 0.408 e. The molecule has 0 aliphatic carbocycles. The first-order valence-electron chi connectivity index (χ1n) is 7.60. The Kier molecular flexibility index (Phi) is 7.29. The Hall–Kier alpha value is -1.14. The van der Waals surface area contributed by atoms with Crippen LogP contribution in [0.3, 0.4) is 0 Å². The van der Waals surface area contributed by atoms with Crippen LogP contribution in [-0.2, 0) is 6.54 Å². The highest BCUT2D eigenvalue weighted by Gasteiger charge is 2.41. The molecule has 0 saturated carbocycles. The number of aliphatic hydroxyl groups is 1. The van der Waals surface area contributed by atoms with Crippen molar-refractivity contribution in [1.82, 2.24) is 9.88 Å². The molecular weight excluding hydrogens is 348 g/mol. The van der Waals surface area contributed by atoms with Crippen molar-refractivity contribution >= 4 is 22.0 Å². The molecule has 0 aliphatic heterocycles. The van der Waals surface area contributed by atoms with Crippen molar-refractivity contribution < 1.29 is 15.0 Å². The highest BCUT2D eigenvalue weighted by atomic mass is 79.9. The molecular formula is C16H25BrN2O3. The van der Waals surface area contributed by atoms with E-state index in [-0.39, 0.29) is 19.1 Å². The van der Waals surface area contributed by atoms with E-state index in [1.807, 2.05) is 19.9 Å². The van der Waals surface area contributed by atoms with Crippen molar-refractivity contribution in [1.29, 1.82) is 0 Å². The number of halogens is 1. The predicted molar refractivity (Wildman–Crippen MR) is 89.7 cm³/mol. The van der Waals surface area contributed by atoms with E-state index >= 15 is 0 Å². The third kappa shape index (κ3) is 4.43. The fraction of sp³-hybridized carbons (Fsp3) is 0.625. The van der Waals surface area contributed by atoms with E-state index in [0.717, 1.165) is 12.8 Å². The van der Waals surface area contributed by atoms with E-state index in [0.29, 0.717) is 16.7 Å². The van der Waals surface area contributed by atoms with Gasteiger partial charge in [-0.3, -0.25) is 4.90 Å². The molecule has 1 heterocycles. The summed E-state index contributed by atoms with van der Waals surface area (Å²) in [4.78, 5) is 17.5. The first-order valence-corrected chi connectivity index (χ1v) is 8.39. The standard InChI is InChI=1S/C16H25BrN2O3/c1-4-5-9-16(11-20,12(2)3)19(15(21)22)10-13-7-6-8-14(17)18-13/h6-8,12,20H,4-5,9-11H2,1-3H3,(H,21,22). The number of amides is 1. The maximum atomic E-state index is 11.8. The van der Waals surface area contributed by atoms with Crippen LogP contribution >= 0.6 is 15.9 Å². The second-order valence-electron chi connectivity index (χ2n) is 5.84.